The van der Waals surface area contributed by atoms with Gasteiger partial charge in [0.25, 0.3) is 0 Å². The predicted molar refractivity (Wildman–Crippen MR) is 66.9 cm³/mol. The summed E-state index contributed by atoms with van der Waals surface area (Å²) in [6.45, 7) is 0. The molecular weight excluding hydrogens is 250 g/mol. The molecule has 0 aliphatic rings. The van der Waals surface area contributed by atoms with Crippen molar-refractivity contribution in [3.05, 3.63) is 40.7 Å². The van der Waals surface area contributed by atoms with E-state index in [0.717, 1.165) is 14.9 Å². The van der Waals surface area contributed by atoms with Gasteiger partial charge >= 0.3 is 0 Å². The molecule has 0 spiro atoms. The lowest BCUT2D eigenvalue weighted by Gasteiger charge is -2.03. The molecule has 0 amide bonds. The Morgan fingerprint density at radius 2 is 2.20 bits per heavy atom. The molecule has 0 aliphatic heterocycles. The van der Waals surface area contributed by atoms with Crippen molar-refractivity contribution in [3.63, 3.8) is 0 Å². The summed E-state index contributed by atoms with van der Waals surface area (Å²) in [5.41, 5.74) is 0.851. The van der Waals surface area contributed by atoms with E-state index in [0.29, 0.717) is 0 Å². The molecule has 1 aromatic heterocycles. The zero-order valence-corrected chi connectivity index (χ0v) is 9.99. The average molecular weight is 258 g/mol. The van der Waals surface area contributed by atoms with E-state index in [1.807, 2.05) is 17.5 Å². The van der Waals surface area contributed by atoms with Crippen LogP contribution in [0.15, 0.2) is 39.9 Å². The number of anilines is 1. The fourth-order valence-corrected chi connectivity index (χ4v) is 2.91. The molecule has 2 rings (SSSR count). The maximum atomic E-state index is 9.25. The van der Waals surface area contributed by atoms with Gasteiger partial charge in [-0.2, -0.15) is 0 Å². The minimum atomic E-state index is 0.248. The number of benzene rings is 1. The zero-order valence-electron chi connectivity index (χ0n) is 7.61. The number of nitrogens with one attached hydrogen (secondary N) is 1. The molecule has 1 aromatic carbocycles. The number of rotatable bonds is 3. The highest BCUT2D eigenvalue weighted by Crippen LogP contribution is 2.33. The molecule has 0 aliphatic carbocycles. The summed E-state index contributed by atoms with van der Waals surface area (Å²) >= 11 is 8.96. The van der Waals surface area contributed by atoms with Crippen LogP contribution in [0.3, 0.4) is 0 Å². The van der Waals surface area contributed by atoms with Crippen LogP contribution in [0.5, 0.6) is 5.75 Å². The Hall–Kier alpha value is -0.840. The molecule has 0 bridgehead atoms. The van der Waals surface area contributed by atoms with E-state index in [-0.39, 0.29) is 5.75 Å². The van der Waals surface area contributed by atoms with Gasteiger partial charge in [-0.05, 0) is 35.5 Å². The molecule has 2 aromatic rings. The maximum absolute atomic E-state index is 9.25. The Morgan fingerprint density at radius 1 is 1.33 bits per heavy atom. The third-order valence-electron chi connectivity index (χ3n) is 1.69. The van der Waals surface area contributed by atoms with Gasteiger partial charge in [-0.1, -0.05) is 17.7 Å². The van der Waals surface area contributed by atoms with Crippen LogP contribution in [0.25, 0.3) is 0 Å². The molecule has 1 heterocycles. The van der Waals surface area contributed by atoms with Gasteiger partial charge in [0.15, 0.2) is 0 Å². The first kappa shape index (κ1) is 10.7. The summed E-state index contributed by atoms with van der Waals surface area (Å²) in [4.78, 5) is 0. The van der Waals surface area contributed by atoms with E-state index in [1.54, 1.807) is 29.5 Å². The quantitative estimate of drug-likeness (QED) is 0.808. The number of hydrogen-bond donors (Lipinski definition) is 2. The SMILES string of the molecule is Oc1cccc(NSc2sccc2Cl)c1. The molecule has 0 radical (unpaired) electrons. The van der Waals surface area contributed by atoms with Gasteiger partial charge in [0.1, 0.15) is 5.75 Å². The molecule has 5 heteroatoms. The maximum Gasteiger partial charge on any atom is 0.117 e. The predicted octanol–water partition coefficient (Wildman–Crippen LogP) is 4.23. The summed E-state index contributed by atoms with van der Waals surface area (Å²) in [5, 5.41) is 11.9. The molecule has 0 fully saturated rings. The van der Waals surface area contributed by atoms with Crippen molar-refractivity contribution in [2.45, 2.75) is 4.21 Å². The third-order valence-corrected chi connectivity index (χ3v) is 4.22. The number of halogens is 1. The number of hydrogen-bond acceptors (Lipinski definition) is 4. The Labute approximate surface area is 101 Å². The van der Waals surface area contributed by atoms with Crippen molar-refractivity contribution in [2.75, 3.05) is 4.72 Å². The Bertz CT molecular complexity index is 458. The van der Waals surface area contributed by atoms with Crippen LogP contribution in [0, 0.1) is 0 Å². The van der Waals surface area contributed by atoms with Crippen molar-refractivity contribution in [1.29, 1.82) is 0 Å². The average Bonchev–Trinajstić information content (AvgIpc) is 2.61. The summed E-state index contributed by atoms with van der Waals surface area (Å²) in [6, 6.07) is 8.82. The van der Waals surface area contributed by atoms with Gasteiger partial charge < -0.3 is 9.83 Å². The van der Waals surface area contributed by atoms with E-state index in [9.17, 15) is 5.11 Å². The van der Waals surface area contributed by atoms with Gasteiger partial charge in [0.05, 0.1) is 9.23 Å². The van der Waals surface area contributed by atoms with Crippen LogP contribution in [-0.4, -0.2) is 5.11 Å². The Kier molecular flexibility index (Phi) is 3.41. The van der Waals surface area contributed by atoms with E-state index < -0.39 is 0 Å². The highest BCUT2D eigenvalue weighted by atomic mass is 35.5. The summed E-state index contributed by atoms with van der Waals surface area (Å²) in [5.74, 6) is 0.248. The van der Waals surface area contributed by atoms with E-state index in [2.05, 4.69) is 4.72 Å². The number of thiophene rings is 1. The fraction of sp³-hybridized carbons (Fsp3) is 0. The van der Waals surface area contributed by atoms with Crippen molar-refractivity contribution in [3.8, 4) is 5.75 Å². The highest BCUT2D eigenvalue weighted by molar-refractivity contribution is 8.02. The summed E-state index contributed by atoms with van der Waals surface area (Å²) in [7, 11) is 0. The molecule has 0 atom stereocenters. The first-order chi connectivity index (χ1) is 7.25. The highest BCUT2D eigenvalue weighted by Gasteiger charge is 2.02. The molecule has 2 nitrogen and oxygen atoms in total. The standard InChI is InChI=1S/C10H8ClNOS2/c11-9-4-5-14-10(9)15-12-7-2-1-3-8(13)6-7/h1-6,12-13H. The smallest absolute Gasteiger partial charge is 0.117 e. The normalized spacial score (nSPS) is 10.2. The lowest BCUT2D eigenvalue weighted by Crippen LogP contribution is -1.84. The van der Waals surface area contributed by atoms with Crippen molar-refractivity contribution >= 4 is 40.6 Å². The second-order valence-corrected chi connectivity index (χ2v) is 5.21. The molecule has 0 unspecified atom stereocenters. The number of aromatic hydroxyl groups is 1. The molecule has 0 saturated carbocycles. The molecular formula is C10H8ClNOS2. The van der Waals surface area contributed by atoms with Crippen LogP contribution >= 0.6 is 34.9 Å². The Morgan fingerprint density at radius 3 is 2.87 bits per heavy atom. The van der Waals surface area contributed by atoms with E-state index >= 15 is 0 Å². The molecule has 2 N–H and O–H groups in total. The lowest BCUT2D eigenvalue weighted by atomic mass is 10.3. The van der Waals surface area contributed by atoms with Gasteiger partial charge in [-0.15, -0.1) is 11.3 Å². The number of phenolic OH excluding ortho intramolecular Hbond substituents is 1. The fourth-order valence-electron chi connectivity index (χ4n) is 1.03. The van der Waals surface area contributed by atoms with Gasteiger partial charge in [0.2, 0.25) is 0 Å². The molecule has 78 valence electrons. The summed E-state index contributed by atoms with van der Waals surface area (Å²) in [6.07, 6.45) is 0. The van der Waals surface area contributed by atoms with Crippen LogP contribution in [0.4, 0.5) is 5.69 Å². The first-order valence-electron chi connectivity index (χ1n) is 4.20. The molecule has 0 saturated heterocycles. The Balaban J connectivity index is 2.02. The first-order valence-corrected chi connectivity index (χ1v) is 6.28. The zero-order chi connectivity index (χ0) is 10.7. The second-order valence-electron chi connectivity index (χ2n) is 2.81. The second kappa shape index (κ2) is 4.79. The van der Waals surface area contributed by atoms with E-state index in [1.165, 1.54) is 11.9 Å². The topological polar surface area (TPSA) is 32.3 Å². The number of phenols is 1. The molecule has 15 heavy (non-hydrogen) atoms. The minimum absolute atomic E-state index is 0.248. The van der Waals surface area contributed by atoms with Crippen LogP contribution in [0.1, 0.15) is 0 Å². The van der Waals surface area contributed by atoms with Crippen molar-refractivity contribution in [2.24, 2.45) is 0 Å². The largest absolute Gasteiger partial charge is 0.508 e. The van der Waals surface area contributed by atoms with Crippen LogP contribution in [-0.2, 0) is 0 Å². The van der Waals surface area contributed by atoms with Gasteiger partial charge in [0, 0.05) is 11.8 Å². The van der Waals surface area contributed by atoms with Gasteiger partial charge in [-0.25, -0.2) is 0 Å². The van der Waals surface area contributed by atoms with Crippen molar-refractivity contribution in [1.82, 2.24) is 0 Å². The summed E-state index contributed by atoms with van der Waals surface area (Å²) < 4.78 is 4.13. The van der Waals surface area contributed by atoms with E-state index in [4.69, 9.17) is 11.6 Å². The minimum Gasteiger partial charge on any atom is -0.508 e. The third kappa shape index (κ3) is 2.81. The lowest BCUT2D eigenvalue weighted by molar-refractivity contribution is 0.475. The monoisotopic (exact) mass is 257 g/mol. The van der Waals surface area contributed by atoms with Gasteiger partial charge in [-0.3, -0.25) is 0 Å². The van der Waals surface area contributed by atoms with Crippen LogP contribution in [0.2, 0.25) is 5.02 Å². The van der Waals surface area contributed by atoms with Crippen LogP contribution < -0.4 is 4.72 Å². The van der Waals surface area contributed by atoms with Crippen molar-refractivity contribution < 1.29 is 5.11 Å².